The number of benzene rings is 8. The van der Waals surface area contributed by atoms with Gasteiger partial charge in [0.1, 0.15) is 0 Å². The lowest BCUT2D eigenvalue weighted by atomic mass is 9.95. The van der Waals surface area contributed by atoms with Gasteiger partial charge in [-0.2, -0.15) is 0 Å². The summed E-state index contributed by atoms with van der Waals surface area (Å²) >= 11 is 3.74. The molecule has 0 amide bonds. The number of hydrogen-bond donors (Lipinski definition) is 0. The molecule has 0 unspecified atom stereocenters. The van der Waals surface area contributed by atoms with Crippen LogP contribution in [-0.4, -0.2) is 0 Å². The zero-order valence-electron chi connectivity index (χ0n) is 31.0. The van der Waals surface area contributed by atoms with Gasteiger partial charge in [0.15, 0.2) is 0 Å². The van der Waals surface area contributed by atoms with Gasteiger partial charge in [-0.1, -0.05) is 134 Å². The maximum Gasteiger partial charge on any atom is 0.0462 e. The molecule has 0 N–H and O–H groups in total. The molecule has 10 aromatic rings. The van der Waals surface area contributed by atoms with Gasteiger partial charge < -0.3 is 4.90 Å². The molecular weight excluding hydrogens is 715 g/mol. The van der Waals surface area contributed by atoms with Crippen LogP contribution in [0.2, 0.25) is 0 Å². The summed E-state index contributed by atoms with van der Waals surface area (Å²) in [6, 6.07) is 67.8. The molecule has 0 spiro atoms. The molecule has 0 bridgehead atoms. The molecule has 8 aromatic carbocycles. The molecule has 0 saturated heterocycles. The van der Waals surface area contributed by atoms with Crippen LogP contribution in [0.3, 0.4) is 0 Å². The zero-order valence-corrected chi connectivity index (χ0v) is 32.6. The maximum absolute atomic E-state index is 2.38. The van der Waals surface area contributed by atoms with Gasteiger partial charge in [0.25, 0.3) is 0 Å². The van der Waals surface area contributed by atoms with Crippen LogP contribution in [0.4, 0.5) is 17.1 Å². The van der Waals surface area contributed by atoms with Gasteiger partial charge in [-0.05, 0) is 118 Å². The van der Waals surface area contributed by atoms with Gasteiger partial charge in [0.05, 0.1) is 0 Å². The summed E-state index contributed by atoms with van der Waals surface area (Å²) in [7, 11) is 0. The van der Waals surface area contributed by atoms with E-state index in [0.717, 1.165) is 23.0 Å². The van der Waals surface area contributed by atoms with Crippen molar-refractivity contribution in [3.05, 3.63) is 188 Å². The monoisotopic (exact) mass is 753 g/mol. The first-order valence-corrected chi connectivity index (χ1v) is 21.4. The van der Waals surface area contributed by atoms with E-state index in [9.17, 15) is 0 Å². The SMILES string of the molecule is c1ccc2c(c1)sc1cc(-c3ccc(N(c4ccc(-c5ccc(C6CCCC6)cc5)cc4)c4ccc(-c5ccc6c(c5)sc5ccccc56)cc4)cc3)ccc12. The smallest absolute Gasteiger partial charge is 0.0462 e. The summed E-state index contributed by atoms with van der Waals surface area (Å²) in [4.78, 5) is 2.38. The van der Waals surface area contributed by atoms with E-state index < -0.39 is 0 Å². The average molecular weight is 754 g/mol. The Morgan fingerprint density at radius 2 is 0.696 bits per heavy atom. The Morgan fingerprint density at radius 3 is 1.14 bits per heavy atom. The Hall–Kier alpha value is -6.00. The Labute approximate surface area is 335 Å². The van der Waals surface area contributed by atoms with Crippen LogP contribution in [0, 0.1) is 0 Å². The Balaban J connectivity index is 0.936. The van der Waals surface area contributed by atoms with Crippen molar-refractivity contribution < 1.29 is 0 Å². The molecule has 1 saturated carbocycles. The van der Waals surface area contributed by atoms with E-state index in [1.165, 1.54) is 105 Å². The van der Waals surface area contributed by atoms with Crippen molar-refractivity contribution in [2.24, 2.45) is 0 Å². The lowest BCUT2D eigenvalue weighted by Crippen LogP contribution is -2.09. The molecule has 2 heterocycles. The largest absolute Gasteiger partial charge is 0.311 e. The van der Waals surface area contributed by atoms with Crippen LogP contribution in [0.5, 0.6) is 0 Å². The molecule has 3 heteroatoms. The minimum absolute atomic E-state index is 0.732. The Morgan fingerprint density at radius 1 is 0.339 bits per heavy atom. The highest BCUT2D eigenvalue weighted by atomic mass is 32.1. The summed E-state index contributed by atoms with van der Waals surface area (Å²) < 4.78 is 5.33. The van der Waals surface area contributed by atoms with E-state index in [2.05, 4.69) is 187 Å². The second-order valence-corrected chi connectivity index (χ2v) is 17.4. The van der Waals surface area contributed by atoms with E-state index in [4.69, 9.17) is 0 Å². The number of hydrogen-bond acceptors (Lipinski definition) is 3. The van der Waals surface area contributed by atoms with Crippen molar-refractivity contribution in [1.82, 2.24) is 0 Å². The van der Waals surface area contributed by atoms with E-state index in [1.807, 2.05) is 22.7 Å². The summed E-state index contributed by atoms with van der Waals surface area (Å²) in [5, 5.41) is 5.34. The first kappa shape index (κ1) is 33.3. The third-order valence-electron chi connectivity index (χ3n) is 11.9. The molecule has 0 aliphatic heterocycles. The average Bonchev–Trinajstić information content (AvgIpc) is 4.02. The van der Waals surface area contributed by atoms with Crippen LogP contribution in [-0.2, 0) is 0 Å². The number of nitrogens with zero attached hydrogens (tertiary/aromatic N) is 1. The number of rotatable bonds is 7. The summed E-state index contributed by atoms with van der Waals surface area (Å²) in [6.45, 7) is 0. The number of thiophene rings is 2. The van der Waals surface area contributed by atoms with Crippen molar-refractivity contribution in [3.63, 3.8) is 0 Å². The highest BCUT2D eigenvalue weighted by molar-refractivity contribution is 7.26. The quantitative estimate of drug-likeness (QED) is 0.157. The second-order valence-electron chi connectivity index (χ2n) is 15.2. The van der Waals surface area contributed by atoms with Gasteiger partial charge in [0.2, 0.25) is 0 Å². The normalized spacial score (nSPS) is 13.4. The standard InChI is InChI=1S/C53H39NS2/c1-2-8-35(7-1)36-13-15-37(16-14-36)38-17-25-43(26-18-38)54(44-27-19-39(20-28-44)41-23-31-48-46-9-3-5-11-50(46)55-52(48)33-41)45-29-21-40(22-30-45)42-24-32-49-47-10-4-6-12-51(47)56-53(49)34-42/h3-6,9-35H,1-2,7-8H2. The predicted octanol–water partition coefficient (Wildman–Crippen LogP) is 16.6. The van der Waals surface area contributed by atoms with E-state index in [0.29, 0.717) is 0 Å². The van der Waals surface area contributed by atoms with Crippen LogP contribution < -0.4 is 4.90 Å². The first-order valence-electron chi connectivity index (χ1n) is 19.8. The van der Waals surface area contributed by atoms with E-state index in [-0.39, 0.29) is 0 Å². The minimum Gasteiger partial charge on any atom is -0.311 e. The van der Waals surface area contributed by atoms with Crippen LogP contribution in [0.1, 0.15) is 37.2 Å². The van der Waals surface area contributed by atoms with Crippen LogP contribution >= 0.6 is 22.7 Å². The molecule has 1 fully saturated rings. The van der Waals surface area contributed by atoms with E-state index >= 15 is 0 Å². The van der Waals surface area contributed by atoms with Crippen molar-refractivity contribution in [2.45, 2.75) is 31.6 Å². The topological polar surface area (TPSA) is 3.24 Å². The fraction of sp³-hybridized carbons (Fsp3) is 0.0943. The molecule has 1 nitrogen and oxygen atoms in total. The molecular formula is C53H39NS2. The lowest BCUT2D eigenvalue weighted by molar-refractivity contribution is 0.723. The first-order chi connectivity index (χ1) is 27.7. The summed E-state index contributed by atoms with van der Waals surface area (Å²) in [5.74, 6) is 0.732. The van der Waals surface area contributed by atoms with Gasteiger partial charge in [-0.15, -0.1) is 22.7 Å². The molecule has 1 aliphatic rings. The molecule has 11 rings (SSSR count). The predicted molar refractivity (Wildman–Crippen MR) is 244 cm³/mol. The third kappa shape index (κ3) is 5.99. The molecule has 0 atom stereocenters. The maximum atomic E-state index is 2.38. The highest BCUT2D eigenvalue weighted by Gasteiger charge is 2.18. The third-order valence-corrected chi connectivity index (χ3v) is 14.1. The van der Waals surface area contributed by atoms with Crippen LogP contribution in [0.25, 0.3) is 73.7 Å². The van der Waals surface area contributed by atoms with Crippen LogP contribution in [0.15, 0.2) is 182 Å². The molecule has 1 aliphatic carbocycles. The Kier molecular flexibility index (Phi) is 8.30. The van der Waals surface area contributed by atoms with Gasteiger partial charge in [-0.3, -0.25) is 0 Å². The molecule has 268 valence electrons. The van der Waals surface area contributed by atoms with Gasteiger partial charge in [-0.25, -0.2) is 0 Å². The van der Waals surface area contributed by atoms with Crippen molar-refractivity contribution >= 4 is 80.1 Å². The number of fused-ring (bicyclic) bond motifs is 6. The molecule has 2 aromatic heterocycles. The summed E-state index contributed by atoms with van der Waals surface area (Å²) in [6.07, 6.45) is 5.38. The summed E-state index contributed by atoms with van der Waals surface area (Å²) in [5.41, 5.74) is 12.3. The Bertz CT molecular complexity index is 2840. The fourth-order valence-electron chi connectivity index (χ4n) is 8.87. The van der Waals surface area contributed by atoms with Crippen molar-refractivity contribution in [3.8, 4) is 33.4 Å². The molecule has 0 radical (unpaired) electrons. The molecule has 56 heavy (non-hydrogen) atoms. The fourth-order valence-corrected chi connectivity index (χ4v) is 11.2. The van der Waals surface area contributed by atoms with E-state index in [1.54, 1.807) is 0 Å². The minimum atomic E-state index is 0.732. The van der Waals surface area contributed by atoms with Crippen molar-refractivity contribution in [2.75, 3.05) is 4.90 Å². The second kappa shape index (κ2) is 13.9. The zero-order chi connectivity index (χ0) is 37.0. The van der Waals surface area contributed by atoms with Crippen molar-refractivity contribution in [1.29, 1.82) is 0 Å². The lowest BCUT2D eigenvalue weighted by Gasteiger charge is -2.26. The number of anilines is 3. The highest BCUT2D eigenvalue weighted by Crippen LogP contribution is 2.41. The van der Waals surface area contributed by atoms with Gasteiger partial charge in [0, 0.05) is 57.4 Å². The van der Waals surface area contributed by atoms with Gasteiger partial charge >= 0.3 is 0 Å².